The fourth-order valence-electron chi connectivity index (χ4n) is 2.53. The molecule has 1 aromatic carbocycles. The quantitative estimate of drug-likeness (QED) is 0.917. The van der Waals surface area contributed by atoms with Crippen LogP contribution in [0.2, 0.25) is 0 Å². The molecule has 1 N–H and O–H groups in total. The Balaban J connectivity index is 1.57. The SMILES string of the molecule is CN1CCC(Oc2cccc(NC(=O)C3CC3)c2)CC1. The maximum atomic E-state index is 11.8. The predicted octanol–water partition coefficient (Wildman–Crippen LogP) is 2.51. The first-order valence-corrected chi connectivity index (χ1v) is 7.47. The lowest BCUT2D eigenvalue weighted by Crippen LogP contribution is -2.35. The van der Waals surface area contributed by atoms with Crippen LogP contribution < -0.4 is 10.1 Å². The van der Waals surface area contributed by atoms with Crippen LogP contribution >= 0.6 is 0 Å². The van der Waals surface area contributed by atoms with Gasteiger partial charge in [-0.2, -0.15) is 0 Å². The normalized spacial score (nSPS) is 20.6. The fraction of sp³-hybridized carbons (Fsp3) is 0.562. The smallest absolute Gasteiger partial charge is 0.227 e. The molecule has 4 nitrogen and oxygen atoms in total. The molecule has 0 radical (unpaired) electrons. The second-order valence-corrected chi connectivity index (χ2v) is 5.91. The monoisotopic (exact) mass is 274 g/mol. The molecule has 1 amide bonds. The van der Waals surface area contributed by atoms with Gasteiger partial charge in [-0.1, -0.05) is 6.07 Å². The second-order valence-electron chi connectivity index (χ2n) is 5.91. The summed E-state index contributed by atoms with van der Waals surface area (Å²) < 4.78 is 6.02. The third-order valence-corrected chi connectivity index (χ3v) is 4.02. The molecule has 1 aliphatic heterocycles. The van der Waals surface area contributed by atoms with Crippen molar-refractivity contribution in [2.24, 2.45) is 5.92 Å². The summed E-state index contributed by atoms with van der Waals surface area (Å²) in [6.45, 7) is 2.17. The molecule has 1 aliphatic carbocycles. The number of rotatable bonds is 4. The van der Waals surface area contributed by atoms with E-state index in [4.69, 9.17) is 4.74 Å². The Morgan fingerprint density at radius 2 is 2.00 bits per heavy atom. The lowest BCUT2D eigenvalue weighted by molar-refractivity contribution is -0.117. The predicted molar refractivity (Wildman–Crippen MR) is 78.9 cm³/mol. The molecule has 4 heteroatoms. The van der Waals surface area contributed by atoms with E-state index in [1.807, 2.05) is 24.3 Å². The lowest BCUT2D eigenvalue weighted by atomic mass is 10.1. The van der Waals surface area contributed by atoms with E-state index < -0.39 is 0 Å². The number of likely N-dealkylation sites (tertiary alicyclic amines) is 1. The first kappa shape index (κ1) is 13.4. The van der Waals surface area contributed by atoms with Crippen LogP contribution in [0.5, 0.6) is 5.75 Å². The third kappa shape index (κ3) is 3.51. The van der Waals surface area contributed by atoms with Gasteiger partial charge >= 0.3 is 0 Å². The van der Waals surface area contributed by atoms with E-state index in [1.165, 1.54) is 0 Å². The Morgan fingerprint density at radius 3 is 2.70 bits per heavy atom. The summed E-state index contributed by atoms with van der Waals surface area (Å²) in [5.74, 6) is 1.23. The number of carbonyl (C=O) groups is 1. The van der Waals surface area contributed by atoms with Gasteiger partial charge in [0.15, 0.2) is 0 Å². The van der Waals surface area contributed by atoms with Crippen molar-refractivity contribution in [3.8, 4) is 5.75 Å². The van der Waals surface area contributed by atoms with Crippen molar-refractivity contribution < 1.29 is 9.53 Å². The van der Waals surface area contributed by atoms with Gasteiger partial charge in [-0.25, -0.2) is 0 Å². The standard InChI is InChI=1S/C16H22N2O2/c1-18-9-7-14(8-10-18)20-15-4-2-3-13(11-15)17-16(19)12-5-6-12/h2-4,11-12,14H,5-10H2,1H3,(H,17,19). The molecular weight excluding hydrogens is 252 g/mol. The first-order chi connectivity index (χ1) is 9.70. The molecule has 1 aromatic rings. The van der Waals surface area contributed by atoms with Crippen LogP contribution in [0.15, 0.2) is 24.3 Å². The maximum absolute atomic E-state index is 11.8. The molecule has 0 spiro atoms. The van der Waals surface area contributed by atoms with Crippen LogP contribution in [0.25, 0.3) is 0 Å². The average Bonchev–Trinajstić information content (AvgIpc) is 3.26. The van der Waals surface area contributed by atoms with E-state index in [2.05, 4.69) is 17.3 Å². The zero-order valence-corrected chi connectivity index (χ0v) is 12.0. The first-order valence-electron chi connectivity index (χ1n) is 7.47. The zero-order valence-electron chi connectivity index (χ0n) is 12.0. The Morgan fingerprint density at radius 1 is 1.25 bits per heavy atom. The Bertz CT molecular complexity index is 477. The summed E-state index contributed by atoms with van der Waals surface area (Å²) in [7, 11) is 2.14. The summed E-state index contributed by atoms with van der Waals surface area (Å²) in [6, 6.07) is 7.75. The number of anilines is 1. The molecule has 0 unspecified atom stereocenters. The molecule has 1 saturated heterocycles. The van der Waals surface area contributed by atoms with Gasteiger partial charge in [0.05, 0.1) is 0 Å². The topological polar surface area (TPSA) is 41.6 Å². The van der Waals surface area contributed by atoms with Gasteiger partial charge in [-0.3, -0.25) is 4.79 Å². The minimum absolute atomic E-state index is 0.140. The van der Waals surface area contributed by atoms with Crippen LogP contribution in [-0.4, -0.2) is 37.0 Å². The summed E-state index contributed by atoms with van der Waals surface area (Å²) >= 11 is 0. The number of piperidine rings is 1. The highest BCUT2D eigenvalue weighted by Crippen LogP contribution is 2.30. The molecule has 20 heavy (non-hydrogen) atoms. The molecule has 0 bridgehead atoms. The van der Waals surface area contributed by atoms with Gasteiger partial charge in [-0.05, 0) is 44.9 Å². The van der Waals surface area contributed by atoms with E-state index in [0.29, 0.717) is 6.10 Å². The molecule has 3 rings (SSSR count). The van der Waals surface area contributed by atoms with Crippen molar-refractivity contribution in [3.63, 3.8) is 0 Å². The summed E-state index contributed by atoms with van der Waals surface area (Å²) in [6.07, 6.45) is 4.47. The minimum Gasteiger partial charge on any atom is -0.490 e. The van der Waals surface area contributed by atoms with Crippen molar-refractivity contribution in [3.05, 3.63) is 24.3 Å². The van der Waals surface area contributed by atoms with Crippen molar-refractivity contribution in [2.45, 2.75) is 31.8 Å². The largest absolute Gasteiger partial charge is 0.490 e. The summed E-state index contributed by atoms with van der Waals surface area (Å²) in [5, 5.41) is 2.96. The van der Waals surface area contributed by atoms with Gasteiger partial charge in [-0.15, -0.1) is 0 Å². The van der Waals surface area contributed by atoms with Gasteiger partial charge in [0.2, 0.25) is 5.91 Å². The summed E-state index contributed by atoms with van der Waals surface area (Å²) in [4.78, 5) is 14.1. The van der Waals surface area contributed by atoms with E-state index >= 15 is 0 Å². The highest BCUT2D eigenvalue weighted by Gasteiger charge is 2.29. The van der Waals surface area contributed by atoms with Gasteiger partial charge in [0, 0.05) is 30.8 Å². The molecule has 108 valence electrons. The van der Waals surface area contributed by atoms with E-state index in [1.54, 1.807) is 0 Å². The van der Waals surface area contributed by atoms with Crippen LogP contribution in [0.1, 0.15) is 25.7 Å². The zero-order chi connectivity index (χ0) is 13.9. The van der Waals surface area contributed by atoms with Crippen molar-refractivity contribution in [2.75, 3.05) is 25.5 Å². The fourth-order valence-corrected chi connectivity index (χ4v) is 2.53. The highest BCUT2D eigenvalue weighted by molar-refractivity contribution is 5.94. The van der Waals surface area contributed by atoms with E-state index in [-0.39, 0.29) is 11.8 Å². The van der Waals surface area contributed by atoms with Gasteiger partial charge < -0.3 is 15.0 Å². The molecule has 2 aliphatic rings. The molecule has 1 heterocycles. The highest BCUT2D eigenvalue weighted by atomic mass is 16.5. The molecule has 1 saturated carbocycles. The lowest BCUT2D eigenvalue weighted by Gasteiger charge is -2.29. The average molecular weight is 274 g/mol. The van der Waals surface area contributed by atoms with Crippen molar-refractivity contribution in [1.29, 1.82) is 0 Å². The van der Waals surface area contributed by atoms with Crippen molar-refractivity contribution in [1.82, 2.24) is 4.90 Å². The van der Waals surface area contributed by atoms with Crippen LogP contribution in [-0.2, 0) is 4.79 Å². The number of hydrogen-bond donors (Lipinski definition) is 1. The van der Waals surface area contributed by atoms with Crippen molar-refractivity contribution >= 4 is 11.6 Å². The van der Waals surface area contributed by atoms with E-state index in [9.17, 15) is 4.79 Å². The Labute approximate surface area is 120 Å². The molecular formula is C16H22N2O2. The number of benzene rings is 1. The third-order valence-electron chi connectivity index (χ3n) is 4.02. The number of amides is 1. The number of ether oxygens (including phenoxy) is 1. The van der Waals surface area contributed by atoms with Crippen LogP contribution in [0, 0.1) is 5.92 Å². The number of nitrogens with one attached hydrogen (secondary N) is 1. The van der Waals surface area contributed by atoms with Gasteiger partial charge in [0.1, 0.15) is 11.9 Å². The van der Waals surface area contributed by atoms with Crippen LogP contribution in [0.3, 0.4) is 0 Å². The number of carbonyl (C=O) groups excluding carboxylic acids is 1. The summed E-state index contributed by atoms with van der Waals surface area (Å²) in [5.41, 5.74) is 0.840. The molecule has 0 atom stereocenters. The number of hydrogen-bond acceptors (Lipinski definition) is 3. The Hall–Kier alpha value is -1.55. The minimum atomic E-state index is 0.140. The van der Waals surface area contributed by atoms with E-state index in [0.717, 1.165) is 50.2 Å². The Kier molecular flexibility index (Phi) is 3.92. The maximum Gasteiger partial charge on any atom is 0.227 e. The molecule has 0 aromatic heterocycles. The van der Waals surface area contributed by atoms with Gasteiger partial charge in [0.25, 0.3) is 0 Å². The molecule has 2 fully saturated rings. The second kappa shape index (κ2) is 5.83. The number of nitrogens with zero attached hydrogens (tertiary/aromatic N) is 1. The van der Waals surface area contributed by atoms with Crippen LogP contribution in [0.4, 0.5) is 5.69 Å².